The fourth-order valence-electron chi connectivity index (χ4n) is 4.27. The van der Waals surface area contributed by atoms with Crippen molar-refractivity contribution in [3.63, 3.8) is 0 Å². The number of carbonyl (C=O) groups excluding carboxylic acids is 2. The summed E-state index contributed by atoms with van der Waals surface area (Å²) in [6.45, 7) is -2.83. The van der Waals surface area contributed by atoms with Gasteiger partial charge in [0.1, 0.15) is 11.8 Å². The highest BCUT2D eigenvalue weighted by molar-refractivity contribution is 7.90. The topological polar surface area (TPSA) is 116 Å². The minimum atomic E-state index is -4.73. The molecular formula is C31H33N3O6S. The van der Waals surface area contributed by atoms with E-state index in [4.69, 9.17) is 30.0 Å². The van der Waals surface area contributed by atoms with Crippen LogP contribution in [0.2, 0.25) is 0 Å². The van der Waals surface area contributed by atoms with Crippen molar-refractivity contribution in [3.05, 3.63) is 89.1 Å². The third-order valence-electron chi connectivity index (χ3n) is 6.15. The van der Waals surface area contributed by atoms with E-state index in [0.717, 1.165) is 18.2 Å². The number of methoxy groups -OCH3 is 1. The number of anilines is 1. The Morgan fingerprint density at radius 2 is 1.90 bits per heavy atom. The van der Waals surface area contributed by atoms with E-state index in [2.05, 4.69) is 5.32 Å². The summed E-state index contributed by atoms with van der Waals surface area (Å²) in [4.78, 5) is 25.5. The Bertz CT molecular complexity index is 2310. The number of aromatic nitrogens is 1. The number of hydrogen-bond acceptors (Lipinski definition) is 6. The fourth-order valence-corrected chi connectivity index (χ4v) is 5.35. The monoisotopic (exact) mass is 590 g/mol. The van der Waals surface area contributed by atoms with Crippen molar-refractivity contribution in [3.8, 4) is 5.75 Å². The quantitative estimate of drug-likeness (QED) is 0.272. The van der Waals surface area contributed by atoms with Gasteiger partial charge in [-0.05, 0) is 85.4 Å². The lowest BCUT2D eigenvalue weighted by molar-refractivity contribution is 0.0980. The molecule has 2 amide bonds. The second kappa shape index (κ2) is 11.7. The van der Waals surface area contributed by atoms with Gasteiger partial charge in [0.15, 0.2) is 0 Å². The van der Waals surface area contributed by atoms with Crippen molar-refractivity contribution in [2.75, 3.05) is 12.4 Å². The van der Waals surface area contributed by atoms with Gasteiger partial charge in [-0.2, -0.15) is 0 Å². The number of rotatable bonds is 8. The summed E-state index contributed by atoms with van der Waals surface area (Å²) in [5.41, 5.74) is 0.339. The largest absolute Gasteiger partial charge is 0.496 e. The van der Waals surface area contributed by atoms with E-state index in [1.807, 2.05) is 0 Å². The Balaban J connectivity index is 1.44. The number of nitrogens with one attached hydrogen (secondary N) is 2. The fraction of sp³-hybridized carbons (Fsp3) is 0.290. The average Bonchev–Trinajstić information content (AvgIpc) is 3.38. The van der Waals surface area contributed by atoms with E-state index in [1.165, 1.54) is 42.5 Å². The highest BCUT2D eigenvalue weighted by Gasteiger charge is 2.22. The maximum atomic E-state index is 13.2. The smallest absolute Gasteiger partial charge is 0.411 e. The van der Waals surface area contributed by atoms with Gasteiger partial charge in [0.05, 0.1) is 17.4 Å². The van der Waals surface area contributed by atoms with Crippen LogP contribution in [0, 0.1) is 6.85 Å². The number of ether oxygens (including phenoxy) is 2. The Kier molecular flexibility index (Phi) is 4.29. The van der Waals surface area contributed by atoms with Crippen LogP contribution in [0.15, 0.2) is 71.8 Å². The maximum Gasteiger partial charge on any atom is 0.411 e. The molecule has 2 N–H and O–H groups in total. The van der Waals surface area contributed by atoms with Gasteiger partial charge < -0.3 is 14.0 Å². The summed E-state index contributed by atoms with van der Waals surface area (Å²) in [7, 11) is -6.10. The Morgan fingerprint density at radius 3 is 2.68 bits per heavy atom. The first-order valence-corrected chi connectivity index (χ1v) is 13.4. The number of benzene rings is 3. The third kappa shape index (κ3) is 6.22. The van der Waals surface area contributed by atoms with Crippen LogP contribution in [0.3, 0.4) is 0 Å². The predicted octanol–water partition coefficient (Wildman–Crippen LogP) is 5.70. The van der Waals surface area contributed by atoms with Gasteiger partial charge in [-0.15, -0.1) is 0 Å². The zero-order valence-electron chi connectivity index (χ0n) is 36.4. The van der Waals surface area contributed by atoms with Crippen LogP contribution >= 0.6 is 0 Å². The molecule has 1 aromatic heterocycles. The molecule has 41 heavy (non-hydrogen) atoms. The van der Waals surface area contributed by atoms with Crippen LogP contribution in [-0.4, -0.2) is 38.1 Å². The van der Waals surface area contributed by atoms with E-state index in [0.29, 0.717) is 16.5 Å². The van der Waals surface area contributed by atoms with Crippen molar-refractivity contribution in [1.29, 1.82) is 0 Å². The van der Waals surface area contributed by atoms with Crippen LogP contribution in [0.1, 0.15) is 73.1 Å². The first kappa shape index (κ1) is 15.1. The van der Waals surface area contributed by atoms with E-state index in [-0.39, 0.29) is 29.0 Å². The molecule has 0 saturated heterocycles. The number of nitrogens with zero attached hydrogens (tertiary/aromatic N) is 1. The van der Waals surface area contributed by atoms with Crippen molar-refractivity contribution >= 4 is 38.6 Å². The molecule has 0 bridgehead atoms. The van der Waals surface area contributed by atoms with Gasteiger partial charge in [-0.25, -0.2) is 17.9 Å². The number of amides is 2. The molecule has 3 aromatic carbocycles. The molecule has 1 aliphatic carbocycles. The number of aryl methyl sites for hydroxylation is 2. The number of sulfonamides is 1. The molecule has 1 saturated carbocycles. The molecule has 214 valence electrons. The van der Waals surface area contributed by atoms with Crippen LogP contribution in [0.25, 0.3) is 10.9 Å². The minimum Gasteiger partial charge on any atom is -0.496 e. The molecule has 1 heterocycles. The van der Waals surface area contributed by atoms with Gasteiger partial charge in [0, 0.05) is 56.9 Å². The van der Waals surface area contributed by atoms with Gasteiger partial charge in [0.25, 0.3) is 15.9 Å². The van der Waals surface area contributed by atoms with Gasteiger partial charge in [-0.1, -0.05) is 24.3 Å². The number of fused-ring (bicyclic) bond motifs is 1. The molecule has 1 fully saturated rings. The maximum absolute atomic E-state index is 13.2. The van der Waals surface area contributed by atoms with Crippen LogP contribution in [0.5, 0.6) is 5.75 Å². The van der Waals surface area contributed by atoms with E-state index < -0.39 is 77.9 Å². The summed E-state index contributed by atoms with van der Waals surface area (Å²) in [5.74, 6) is -1.56. The lowest BCUT2D eigenvalue weighted by Crippen LogP contribution is -2.31. The summed E-state index contributed by atoms with van der Waals surface area (Å²) in [5, 5.41) is 2.66. The lowest BCUT2D eigenvalue weighted by Gasteiger charge is -2.13. The molecular weight excluding hydrogens is 542 g/mol. The second-order valence-electron chi connectivity index (χ2n) is 8.87. The van der Waals surface area contributed by atoms with E-state index in [9.17, 15) is 18.0 Å². The van der Waals surface area contributed by atoms with Gasteiger partial charge in [0.2, 0.25) is 0 Å². The van der Waals surface area contributed by atoms with E-state index in [1.54, 1.807) is 22.5 Å². The zero-order chi connectivity index (χ0) is 42.2. The molecule has 0 atom stereocenters. The molecule has 0 spiro atoms. The van der Waals surface area contributed by atoms with Crippen LogP contribution in [0.4, 0.5) is 10.5 Å². The molecule has 10 heteroatoms. The first-order valence-electron chi connectivity index (χ1n) is 19.4. The van der Waals surface area contributed by atoms with Crippen molar-refractivity contribution in [2.24, 2.45) is 7.05 Å². The molecule has 0 radical (unpaired) electrons. The summed E-state index contributed by atoms with van der Waals surface area (Å²) in [6, 6.07) is 12.5. The van der Waals surface area contributed by atoms with Crippen molar-refractivity contribution in [2.45, 2.75) is 49.7 Å². The normalized spacial score (nSPS) is 25.4. The molecule has 0 aliphatic heterocycles. The van der Waals surface area contributed by atoms with Crippen molar-refractivity contribution < 1.29 is 48.0 Å². The Labute approximate surface area is 260 Å². The average molecular weight is 591 g/mol. The summed E-state index contributed by atoms with van der Waals surface area (Å²) >= 11 is 0. The van der Waals surface area contributed by atoms with Gasteiger partial charge >= 0.3 is 6.09 Å². The Morgan fingerprint density at radius 1 is 1.10 bits per heavy atom. The molecule has 4 aromatic rings. The Hall–Kier alpha value is -4.31. The highest BCUT2D eigenvalue weighted by atomic mass is 32.2. The van der Waals surface area contributed by atoms with Crippen molar-refractivity contribution in [1.82, 2.24) is 9.29 Å². The second-order valence-corrected chi connectivity index (χ2v) is 10.5. The minimum absolute atomic E-state index is 0.0315. The van der Waals surface area contributed by atoms with Gasteiger partial charge in [-0.3, -0.25) is 10.1 Å². The molecule has 5 rings (SSSR count). The lowest BCUT2D eigenvalue weighted by atomic mass is 10.0. The molecule has 1 aliphatic rings. The zero-order valence-corrected chi connectivity index (χ0v) is 22.2. The number of hydrogen-bond donors (Lipinski definition) is 2. The standard InChI is InChI=1S/C31H33N3O6S/c1-20-8-4-7-11-29(20)41(37,38)33-30(35)22-13-12-21(28(17-22)39-3)16-23-19-34(2)27-15-14-24(18-26(23)27)32-31(36)40-25-9-5-6-10-25/h4,7-8,11-15,17-19,25H,5-6,9-10,16H2,1-3H3,(H,32,36)(H,33,35)/i1D3,3D3,5D2,6D2,9D2,10D2,25D. The summed E-state index contributed by atoms with van der Waals surface area (Å²) in [6.07, 6.45) is -18.2. The predicted molar refractivity (Wildman–Crippen MR) is 157 cm³/mol. The van der Waals surface area contributed by atoms with Crippen LogP contribution in [-0.2, 0) is 28.2 Å². The third-order valence-corrected chi connectivity index (χ3v) is 7.54. The SMILES string of the molecule is [2H]C([2H])([2H])Oc1cc(C(=O)NS(=O)(=O)c2ccccc2C([2H])([2H])[2H])ccc1Cc1cn(C)c2ccc(NC(=O)OC3([2H])C([2H])([2H])C([2H])([2H])C([2H])([2H])C3([2H])[2H])cc12. The molecule has 0 unspecified atom stereocenters. The van der Waals surface area contributed by atoms with E-state index >= 15 is 0 Å². The highest BCUT2D eigenvalue weighted by Crippen LogP contribution is 2.30. The number of carbonyl (C=O) groups is 2. The van der Waals surface area contributed by atoms with Crippen LogP contribution < -0.4 is 14.8 Å². The summed E-state index contributed by atoms with van der Waals surface area (Å²) < 4.78 is 158. The first-order chi connectivity index (χ1) is 25.4. The molecule has 9 nitrogen and oxygen atoms in total.